The van der Waals surface area contributed by atoms with Crippen LogP contribution in [0.3, 0.4) is 0 Å². The summed E-state index contributed by atoms with van der Waals surface area (Å²) in [5, 5.41) is 5.10. The third kappa shape index (κ3) is 5.54. The van der Waals surface area contributed by atoms with Crippen LogP contribution in [0.1, 0.15) is 48.6 Å². The summed E-state index contributed by atoms with van der Waals surface area (Å²) in [6.45, 7) is 0.860. The fourth-order valence-electron chi connectivity index (χ4n) is 4.86. The SMILES string of the molecule is O=C(NC1CCCCC1)C(c1ccc(F)cc1)N(C(=O)Cc1cccs1)c1ccc2c(c1)OCCO2. The van der Waals surface area contributed by atoms with E-state index >= 15 is 0 Å². The summed E-state index contributed by atoms with van der Waals surface area (Å²) in [6, 6.07) is 13.9. The van der Waals surface area contributed by atoms with Crippen LogP contribution in [0.5, 0.6) is 11.5 Å². The van der Waals surface area contributed by atoms with Gasteiger partial charge in [0, 0.05) is 22.7 Å². The van der Waals surface area contributed by atoms with E-state index in [-0.39, 0.29) is 24.3 Å². The molecule has 1 aliphatic heterocycles. The molecule has 2 heterocycles. The maximum Gasteiger partial charge on any atom is 0.248 e. The van der Waals surface area contributed by atoms with Crippen LogP contribution in [-0.4, -0.2) is 31.1 Å². The molecule has 2 aromatic carbocycles. The van der Waals surface area contributed by atoms with Gasteiger partial charge in [0.25, 0.3) is 0 Å². The lowest BCUT2D eigenvalue weighted by molar-refractivity contribution is -0.127. The average Bonchev–Trinajstić information content (AvgIpc) is 3.41. The van der Waals surface area contributed by atoms with Crippen LogP contribution in [-0.2, 0) is 16.0 Å². The molecular weight excluding hydrogens is 479 g/mol. The lowest BCUT2D eigenvalue weighted by Gasteiger charge is -2.34. The molecule has 36 heavy (non-hydrogen) atoms. The number of hydrogen-bond acceptors (Lipinski definition) is 5. The van der Waals surface area contributed by atoms with Gasteiger partial charge in [-0.15, -0.1) is 11.3 Å². The average molecular weight is 509 g/mol. The molecule has 3 aromatic rings. The maximum absolute atomic E-state index is 13.9. The molecule has 1 aliphatic carbocycles. The van der Waals surface area contributed by atoms with Gasteiger partial charge in [-0.25, -0.2) is 4.39 Å². The van der Waals surface area contributed by atoms with E-state index in [0.717, 1.165) is 37.0 Å². The number of rotatable bonds is 7. The molecule has 2 amide bonds. The molecule has 188 valence electrons. The van der Waals surface area contributed by atoms with Gasteiger partial charge in [-0.2, -0.15) is 0 Å². The molecule has 1 unspecified atom stereocenters. The van der Waals surface area contributed by atoms with Gasteiger partial charge in [0.15, 0.2) is 11.5 Å². The van der Waals surface area contributed by atoms with Crippen molar-refractivity contribution in [1.82, 2.24) is 5.32 Å². The van der Waals surface area contributed by atoms with Crippen molar-refractivity contribution in [3.05, 3.63) is 76.2 Å². The number of anilines is 1. The molecule has 1 fully saturated rings. The zero-order valence-corrected chi connectivity index (χ0v) is 20.8. The van der Waals surface area contributed by atoms with Crippen LogP contribution >= 0.6 is 11.3 Å². The lowest BCUT2D eigenvalue weighted by Crippen LogP contribution is -2.47. The number of carbonyl (C=O) groups excluding carboxylic acids is 2. The molecule has 6 nitrogen and oxygen atoms in total. The number of hydrogen-bond donors (Lipinski definition) is 1. The number of amides is 2. The molecule has 5 rings (SSSR count). The molecule has 0 bridgehead atoms. The highest BCUT2D eigenvalue weighted by atomic mass is 32.1. The molecule has 0 spiro atoms. The Balaban J connectivity index is 1.56. The number of nitrogens with zero attached hydrogens (tertiary/aromatic N) is 1. The number of carbonyl (C=O) groups is 2. The molecule has 0 radical (unpaired) electrons. The Morgan fingerprint density at radius 2 is 1.75 bits per heavy atom. The third-order valence-corrected chi connectivity index (χ3v) is 7.50. The molecular formula is C28H29FN2O4S. The second-order valence-corrected chi connectivity index (χ2v) is 10.2. The summed E-state index contributed by atoms with van der Waals surface area (Å²) in [5.74, 6) is 0.213. The van der Waals surface area contributed by atoms with E-state index in [1.807, 2.05) is 17.5 Å². The summed E-state index contributed by atoms with van der Waals surface area (Å²) in [5.41, 5.74) is 1.06. The lowest BCUT2D eigenvalue weighted by atomic mass is 9.94. The summed E-state index contributed by atoms with van der Waals surface area (Å²) in [7, 11) is 0. The monoisotopic (exact) mass is 508 g/mol. The fraction of sp³-hybridized carbons (Fsp3) is 0.357. The predicted octanol–water partition coefficient (Wildman–Crippen LogP) is 5.42. The van der Waals surface area contributed by atoms with E-state index in [9.17, 15) is 14.0 Å². The molecule has 1 atom stereocenters. The Hall–Kier alpha value is -3.39. The summed E-state index contributed by atoms with van der Waals surface area (Å²) in [4.78, 5) is 30.1. The molecule has 2 aliphatic rings. The van der Waals surface area contributed by atoms with Crippen molar-refractivity contribution in [1.29, 1.82) is 0 Å². The van der Waals surface area contributed by atoms with E-state index in [4.69, 9.17) is 9.47 Å². The number of thiophene rings is 1. The van der Waals surface area contributed by atoms with Crippen molar-refractivity contribution >= 4 is 28.8 Å². The number of ether oxygens (including phenoxy) is 2. The van der Waals surface area contributed by atoms with Crippen LogP contribution in [0.15, 0.2) is 60.0 Å². The highest BCUT2D eigenvalue weighted by Gasteiger charge is 2.35. The largest absolute Gasteiger partial charge is 0.486 e. The number of benzene rings is 2. The Morgan fingerprint density at radius 1 is 1.00 bits per heavy atom. The third-order valence-electron chi connectivity index (χ3n) is 6.62. The van der Waals surface area contributed by atoms with Crippen molar-refractivity contribution in [2.24, 2.45) is 0 Å². The first-order valence-electron chi connectivity index (χ1n) is 12.4. The first kappa shape index (κ1) is 24.3. The van der Waals surface area contributed by atoms with Crippen LogP contribution in [0.2, 0.25) is 0 Å². The minimum Gasteiger partial charge on any atom is -0.486 e. The number of halogens is 1. The van der Waals surface area contributed by atoms with Gasteiger partial charge >= 0.3 is 0 Å². The van der Waals surface area contributed by atoms with E-state index in [1.165, 1.54) is 28.4 Å². The van der Waals surface area contributed by atoms with Crippen LogP contribution in [0.4, 0.5) is 10.1 Å². The van der Waals surface area contributed by atoms with Gasteiger partial charge in [-0.1, -0.05) is 37.5 Å². The number of nitrogens with one attached hydrogen (secondary N) is 1. The van der Waals surface area contributed by atoms with Crippen molar-refractivity contribution in [3.8, 4) is 11.5 Å². The zero-order valence-electron chi connectivity index (χ0n) is 20.0. The van der Waals surface area contributed by atoms with Gasteiger partial charge in [0.2, 0.25) is 11.8 Å². The standard InChI is InChI=1S/C28H29FN2O4S/c29-20-10-8-19(9-11-20)27(28(33)30-21-5-2-1-3-6-21)31(26(32)18-23-7-4-16-36-23)22-12-13-24-25(17-22)35-15-14-34-24/h4,7-13,16-17,21,27H,1-3,5-6,14-15,18H2,(H,30,33). The highest BCUT2D eigenvalue weighted by Crippen LogP contribution is 2.37. The minimum atomic E-state index is -0.970. The van der Waals surface area contributed by atoms with E-state index < -0.39 is 11.9 Å². The summed E-state index contributed by atoms with van der Waals surface area (Å²) < 4.78 is 25.3. The first-order valence-corrected chi connectivity index (χ1v) is 13.3. The molecule has 8 heteroatoms. The highest BCUT2D eigenvalue weighted by molar-refractivity contribution is 7.10. The molecule has 0 saturated heterocycles. The zero-order chi connectivity index (χ0) is 24.9. The maximum atomic E-state index is 13.9. The normalized spacial score (nSPS) is 16.2. The number of fused-ring (bicyclic) bond motifs is 1. The van der Waals surface area contributed by atoms with Crippen molar-refractivity contribution < 1.29 is 23.5 Å². The van der Waals surface area contributed by atoms with Gasteiger partial charge < -0.3 is 14.8 Å². The molecule has 1 aromatic heterocycles. The van der Waals surface area contributed by atoms with E-state index in [2.05, 4.69) is 5.32 Å². The first-order chi connectivity index (χ1) is 17.6. The van der Waals surface area contributed by atoms with Gasteiger partial charge in [-0.05, 0) is 54.1 Å². The van der Waals surface area contributed by atoms with Gasteiger partial charge in [0.05, 0.1) is 6.42 Å². The summed E-state index contributed by atoms with van der Waals surface area (Å²) >= 11 is 1.49. The van der Waals surface area contributed by atoms with Crippen LogP contribution in [0, 0.1) is 5.82 Å². The second-order valence-electron chi connectivity index (χ2n) is 9.15. The minimum absolute atomic E-state index is 0.0590. The topological polar surface area (TPSA) is 67.9 Å². The van der Waals surface area contributed by atoms with Crippen LogP contribution < -0.4 is 19.7 Å². The summed E-state index contributed by atoms with van der Waals surface area (Å²) in [6.07, 6.45) is 5.26. The van der Waals surface area contributed by atoms with E-state index in [0.29, 0.717) is 36.0 Å². The fourth-order valence-corrected chi connectivity index (χ4v) is 5.55. The van der Waals surface area contributed by atoms with Gasteiger partial charge in [0.1, 0.15) is 25.1 Å². The van der Waals surface area contributed by atoms with Crippen molar-refractivity contribution in [3.63, 3.8) is 0 Å². The Labute approximate surface area is 214 Å². The van der Waals surface area contributed by atoms with Crippen molar-refractivity contribution in [2.45, 2.75) is 50.6 Å². The van der Waals surface area contributed by atoms with Crippen LogP contribution in [0.25, 0.3) is 0 Å². The van der Waals surface area contributed by atoms with E-state index in [1.54, 1.807) is 30.3 Å². The Kier molecular flexibility index (Phi) is 7.51. The smallest absolute Gasteiger partial charge is 0.248 e. The Morgan fingerprint density at radius 3 is 2.47 bits per heavy atom. The second kappa shape index (κ2) is 11.1. The molecule has 1 N–H and O–H groups in total. The quantitative estimate of drug-likeness (QED) is 0.463. The Bertz CT molecular complexity index is 1190. The van der Waals surface area contributed by atoms with Crippen molar-refractivity contribution in [2.75, 3.05) is 18.1 Å². The molecule has 1 saturated carbocycles. The predicted molar refractivity (Wildman–Crippen MR) is 137 cm³/mol. The van der Waals surface area contributed by atoms with Gasteiger partial charge in [-0.3, -0.25) is 14.5 Å².